The Balaban J connectivity index is 2.12. The molecule has 0 saturated heterocycles. The topological polar surface area (TPSA) is 78.4 Å². The van der Waals surface area contributed by atoms with Gasteiger partial charge in [0.25, 0.3) is 0 Å². The number of benzene rings is 2. The summed E-state index contributed by atoms with van der Waals surface area (Å²) >= 11 is 0. The lowest BCUT2D eigenvalue weighted by atomic mass is 9.91. The van der Waals surface area contributed by atoms with Gasteiger partial charge >= 0.3 is 5.97 Å². The fraction of sp³-hybridized carbons (Fsp3) is 0.125. The molecule has 0 aliphatic carbocycles. The molecule has 0 fully saturated rings. The van der Waals surface area contributed by atoms with Crippen molar-refractivity contribution in [2.45, 2.75) is 5.92 Å². The maximum Gasteiger partial charge on any atom is 0.317 e. The lowest BCUT2D eigenvalue weighted by molar-refractivity contribution is -0.141. The predicted octanol–water partition coefficient (Wildman–Crippen LogP) is 2.85. The second kappa shape index (κ2) is 5.48. The third-order valence-electron chi connectivity index (χ3n) is 3.48. The van der Waals surface area contributed by atoms with Crippen LogP contribution in [0, 0.1) is 5.82 Å². The second-order valence-corrected chi connectivity index (χ2v) is 4.82. The second-order valence-electron chi connectivity index (χ2n) is 4.82. The van der Waals surface area contributed by atoms with Crippen LogP contribution in [-0.2, 0) is 9.53 Å². The number of fused-ring (bicyclic) bond motifs is 1. The van der Waals surface area contributed by atoms with Crippen molar-refractivity contribution in [1.29, 1.82) is 0 Å². The number of anilines is 1. The number of hydrogen-bond donors (Lipinski definition) is 1. The van der Waals surface area contributed by atoms with Crippen LogP contribution in [-0.4, -0.2) is 18.1 Å². The van der Waals surface area contributed by atoms with Crippen LogP contribution in [0.25, 0.3) is 11.1 Å². The molecule has 6 heteroatoms. The molecule has 1 aromatic heterocycles. The van der Waals surface area contributed by atoms with E-state index in [-0.39, 0.29) is 5.69 Å². The summed E-state index contributed by atoms with van der Waals surface area (Å²) in [6.45, 7) is 0. The number of halogens is 1. The van der Waals surface area contributed by atoms with Crippen molar-refractivity contribution in [3.63, 3.8) is 0 Å². The number of nitrogens with zero attached hydrogens (tertiary/aromatic N) is 1. The molecule has 5 nitrogen and oxygen atoms in total. The smallest absolute Gasteiger partial charge is 0.317 e. The number of methoxy groups -OCH3 is 1. The molecule has 1 unspecified atom stereocenters. The van der Waals surface area contributed by atoms with Crippen molar-refractivity contribution >= 4 is 22.8 Å². The minimum atomic E-state index is -0.763. The molecule has 1 heterocycles. The minimum Gasteiger partial charge on any atom is -0.468 e. The molecule has 0 aliphatic rings. The third kappa shape index (κ3) is 2.39. The standard InChI is InChI=1S/C16H13FN2O3/c1-21-16(20)15(9-2-4-12(18)11(17)6-9)10-3-5-14-13(7-10)19-8-22-14/h2-8,15H,18H2,1H3. The van der Waals surface area contributed by atoms with Gasteiger partial charge in [0.1, 0.15) is 17.3 Å². The van der Waals surface area contributed by atoms with Gasteiger partial charge in [-0.15, -0.1) is 0 Å². The quantitative estimate of drug-likeness (QED) is 0.594. The number of aromatic nitrogens is 1. The van der Waals surface area contributed by atoms with Crippen molar-refractivity contribution in [2.75, 3.05) is 12.8 Å². The first-order chi connectivity index (χ1) is 10.6. The van der Waals surface area contributed by atoms with Gasteiger partial charge < -0.3 is 14.9 Å². The summed E-state index contributed by atoms with van der Waals surface area (Å²) in [7, 11) is 1.29. The van der Waals surface area contributed by atoms with Gasteiger partial charge in [0.05, 0.1) is 12.8 Å². The first kappa shape index (κ1) is 14.1. The number of carbonyl (C=O) groups excluding carboxylic acids is 1. The predicted molar refractivity (Wildman–Crippen MR) is 78.7 cm³/mol. The number of ether oxygens (including phenoxy) is 1. The molecular formula is C16H13FN2O3. The van der Waals surface area contributed by atoms with Crippen molar-refractivity contribution in [3.8, 4) is 0 Å². The highest BCUT2D eigenvalue weighted by Crippen LogP contribution is 2.30. The zero-order chi connectivity index (χ0) is 15.7. The number of carbonyl (C=O) groups is 1. The number of nitrogens with two attached hydrogens (primary N) is 1. The average Bonchev–Trinajstić information content (AvgIpc) is 2.98. The Morgan fingerprint density at radius 2 is 2.00 bits per heavy atom. The van der Waals surface area contributed by atoms with E-state index in [9.17, 15) is 9.18 Å². The molecule has 0 radical (unpaired) electrons. The summed E-state index contributed by atoms with van der Waals surface area (Å²) < 4.78 is 23.7. The Hall–Kier alpha value is -2.89. The zero-order valence-electron chi connectivity index (χ0n) is 11.7. The largest absolute Gasteiger partial charge is 0.468 e. The number of nitrogen functional groups attached to an aromatic ring is 1. The molecule has 3 rings (SSSR count). The van der Waals surface area contributed by atoms with Crippen molar-refractivity contribution in [1.82, 2.24) is 4.98 Å². The van der Waals surface area contributed by atoms with E-state index in [1.807, 2.05) is 0 Å². The summed E-state index contributed by atoms with van der Waals surface area (Å²) in [6.07, 6.45) is 1.32. The van der Waals surface area contributed by atoms with E-state index in [2.05, 4.69) is 4.98 Å². The van der Waals surface area contributed by atoms with Gasteiger partial charge in [-0.25, -0.2) is 9.37 Å². The van der Waals surface area contributed by atoms with Gasteiger partial charge in [-0.05, 0) is 35.4 Å². The molecule has 0 aliphatic heterocycles. The van der Waals surface area contributed by atoms with Crippen LogP contribution in [0.15, 0.2) is 47.2 Å². The van der Waals surface area contributed by atoms with Crippen molar-refractivity contribution < 1.29 is 18.3 Å². The Morgan fingerprint density at radius 1 is 1.27 bits per heavy atom. The van der Waals surface area contributed by atoms with Crippen LogP contribution >= 0.6 is 0 Å². The fourth-order valence-electron chi connectivity index (χ4n) is 2.36. The van der Waals surface area contributed by atoms with Gasteiger partial charge in [0.2, 0.25) is 0 Å². The molecule has 0 saturated carbocycles. The van der Waals surface area contributed by atoms with Crippen LogP contribution in [0.2, 0.25) is 0 Å². The summed E-state index contributed by atoms with van der Waals surface area (Å²) in [4.78, 5) is 16.2. The van der Waals surface area contributed by atoms with Crippen LogP contribution in [0.5, 0.6) is 0 Å². The zero-order valence-corrected chi connectivity index (χ0v) is 11.7. The van der Waals surface area contributed by atoms with E-state index >= 15 is 0 Å². The van der Waals surface area contributed by atoms with Gasteiger partial charge in [0, 0.05) is 0 Å². The van der Waals surface area contributed by atoms with E-state index in [4.69, 9.17) is 14.9 Å². The molecule has 0 amide bonds. The fourth-order valence-corrected chi connectivity index (χ4v) is 2.36. The summed E-state index contributed by atoms with van der Waals surface area (Å²) in [5, 5.41) is 0. The summed E-state index contributed by atoms with van der Waals surface area (Å²) in [5.74, 6) is -1.83. The van der Waals surface area contributed by atoms with E-state index in [0.717, 1.165) is 0 Å². The molecule has 1 atom stereocenters. The van der Waals surface area contributed by atoms with Crippen LogP contribution in [0.3, 0.4) is 0 Å². The van der Waals surface area contributed by atoms with Crippen LogP contribution < -0.4 is 5.73 Å². The Bertz CT molecular complexity index is 844. The highest BCUT2D eigenvalue weighted by molar-refractivity contribution is 5.84. The van der Waals surface area contributed by atoms with E-state index < -0.39 is 17.7 Å². The SMILES string of the molecule is COC(=O)C(c1ccc(N)c(F)c1)c1ccc2ocnc2c1. The minimum absolute atomic E-state index is 0.0271. The monoisotopic (exact) mass is 300 g/mol. The number of esters is 1. The molecule has 22 heavy (non-hydrogen) atoms. The molecule has 0 spiro atoms. The lowest BCUT2D eigenvalue weighted by Crippen LogP contribution is -2.16. The number of rotatable bonds is 3. The molecule has 2 aromatic carbocycles. The highest BCUT2D eigenvalue weighted by atomic mass is 19.1. The van der Waals surface area contributed by atoms with Crippen LogP contribution in [0.1, 0.15) is 17.0 Å². The Morgan fingerprint density at radius 3 is 2.73 bits per heavy atom. The van der Waals surface area contributed by atoms with Gasteiger partial charge in [-0.3, -0.25) is 4.79 Å². The Labute approximate surface area is 125 Å². The third-order valence-corrected chi connectivity index (χ3v) is 3.48. The first-order valence-corrected chi connectivity index (χ1v) is 6.56. The number of oxazole rings is 1. The van der Waals surface area contributed by atoms with E-state index in [0.29, 0.717) is 22.2 Å². The molecule has 0 bridgehead atoms. The maximum atomic E-state index is 13.7. The van der Waals surface area contributed by atoms with Crippen LogP contribution in [0.4, 0.5) is 10.1 Å². The molecular weight excluding hydrogens is 287 g/mol. The van der Waals surface area contributed by atoms with E-state index in [1.165, 1.54) is 25.6 Å². The summed E-state index contributed by atoms with van der Waals surface area (Å²) in [5.41, 5.74) is 7.83. The number of hydrogen-bond acceptors (Lipinski definition) is 5. The Kier molecular flexibility index (Phi) is 3.50. The van der Waals surface area contributed by atoms with Crippen molar-refractivity contribution in [3.05, 3.63) is 59.7 Å². The van der Waals surface area contributed by atoms with Crippen molar-refractivity contribution in [2.24, 2.45) is 0 Å². The van der Waals surface area contributed by atoms with E-state index in [1.54, 1.807) is 24.3 Å². The maximum absolute atomic E-state index is 13.7. The lowest BCUT2D eigenvalue weighted by Gasteiger charge is -2.16. The normalized spacial score (nSPS) is 12.3. The summed E-state index contributed by atoms with van der Waals surface area (Å²) in [6, 6.07) is 9.42. The molecule has 3 aromatic rings. The molecule has 112 valence electrons. The van der Waals surface area contributed by atoms with Gasteiger partial charge in [-0.2, -0.15) is 0 Å². The van der Waals surface area contributed by atoms with Gasteiger partial charge in [-0.1, -0.05) is 12.1 Å². The first-order valence-electron chi connectivity index (χ1n) is 6.56. The molecule has 2 N–H and O–H groups in total. The van der Waals surface area contributed by atoms with Gasteiger partial charge in [0.15, 0.2) is 12.0 Å². The highest BCUT2D eigenvalue weighted by Gasteiger charge is 2.25. The average molecular weight is 300 g/mol.